The first-order chi connectivity index (χ1) is 13.6. The normalized spacial score (nSPS) is 18.3. The molecule has 1 aromatic carbocycles. The molecule has 1 amide bonds. The molecule has 152 valence electrons. The number of amides is 1. The van der Waals surface area contributed by atoms with Crippen LogP contribution in [0.4, 0.5) is 0 Å². The van der Waals surface area contributed by atoms with Crippen molar-refractivity contribution in [1.29, 1.82) is 0 Å². The van der Waals surface area contributed by atoms with E-state index in [4.69, 9.17) is 4.74 Å². The highest BCUT2D eigenvalue weighted by atomic mass is 32.2. The van der Waals surface area contributed by atoms with Crippen molar-refractivity contribution in [2.75, 3.05) is 25.1 Å². The Hall–Kier alpha value is -2.22. The molecule has 28 heavy (non-hydrogen) atoms. The summed E-state index contributed by atoms with van der Waals surface area (Å²) in [6.45, 7) is 10.2. The van der Waals surface area contributed by atoms with Gasteiger partial charge in [0.15, 0.2) is 0 Å². The zero-order valence-electron chi connectivity index (χ0n) is 17.0. The standard InChI is InChI=1S/C20H29N5O2S/c1-5-12-24(13-6-2)19(26)18-17(15-8-10-16(11-9-15)27-7-3)23-25-14(4)21-22-20(25)28-18/h8-11,17-18,23H,5-7,12-13H2,1-4H3/t17-,18+/m1/s1. The highest BCUT2D eigenvalue weighted by molar-refractivity contribution is 8.00. The lowest BCUT2D eigenvalue weighted by Gasteiger charge is -2.35. The molecule has 3 rings (SSSR count). The summed E-state index contributed by atoms with van der Waals surface area (Å²) in [5, 5.41) is 8.82. The summed E-state index contributed by atoms with van der Waals surface area (Å²) in [5.74, 6) is 1.76. The first-order valence-electron chi connectivity index (χ1n) is 9.95. The maximum absolute atomic E-state index is 13.4. The van der Waals surface area contributed by atoms with Crippen LogP contribution in [0.2, 0.25) is 0 Å². The van der Waals surface area contributed by atoms with E-state index >= 15 is 0 Å². The fourth-order valence-electron chi connectivity index (χ4n) is 3.39. The number of nitrogens with one attached hydrogen (secondary N) is 1. The summed E-state index contributed by atoms with van der Waals surface area (Å²) in [6.07, 6.45) is 1.89. The van der Waals surface area contributed by atoms with Gasteiger partial charge in [0, 0.05) is 13.1 Å². The molecule has 2 heterocycles. The molecule has 0 spiro atoms. The largest absolute Gasteiger partial charge is 0.494 e. The van der Waals surface area contributed by atoms with Crippen LogP contribution in [-0.2, 0) is 4.79 Å². The fraction of sp³-hybridized carbons (Fsp3) is 0.550. The van der Waals surface area contributed by atoms with E-state index in [-0.39, 0.29) is 17.2 Å². The Kier molecular flexibility index (Phi) is 6.83. The Bertz CT molecular complexity index is 786. The first-order valence-corrected chi connectivity index (χ1v) is 10.8. The van der Waals surface area contributed by atoms with Crippen LogP contribution >= 0.6 is 11.8 Å². The highest BCUT2D eigenvalue weighted by Crippen LogP contribution is 2.38. The number of hydrogen-bond acceptors (Lipinski definition) is 6. The Morgan fingerprint density at radius 1 is 1.18 bits per heavy atom. The number of fused-ring (bicyclic) bond motifs is 1. The van der Waals surface area contributed by atoms with Crippen molar-refractivity contribution in [2.45, 2.75) is 57.0 Å². The molecular formula is C20H29N5O2S. The topological polar surface area (TPSA) is 72.3 Å². The molecule has 2 aromatic rings. The lowest BCUT2D eigenvalue weighted by molar-refractivity contribution is -0.131. The second-order valence-electron chi connectivity index (χ2n) is 6.84. The number of aromatic nitrogens is 3. The number of carbonyl (C=O) groups is 1. The van der Waals surface area contributed by atoms with Crippen molar-refractivity contribution in [3.8, 4) is 5.75 Å². The Morgan fingerprint density at radius 3 is 2.46 bits per heavy atom. The van der Waals surface area contributed by atoms with E-state index < -0.39 is 0 Å². The summed E-state index contributed by atoms with van der Waals surface area (Å²) < 4.78 is 7.44. The minimum atomic E-state index is -0.299. The third kappa shape index (κ3) is 4.27. The number of hydrogen-bond donors (Lipinski definition) is 1. The zero-order chi connectivity index (χ0) is 20.1. The Morgan fingerprint density at radius 2 is 1.86 bits per heavy atom. The van der Waals surface area contributed by atoms with Gasteiger partial charge in [-0.05, 0) is 44.4 Å². The van der Waals surface area contributed by atoms with Crippen LogP contribution in [0, 0.1) is 6.92 Å². The number of benzene rings is 1. The van der Waals surface area contributed by atoms with E-state index in [1.165, 1.54) is 11.8 Å². The number of aryl methyl sites for hydroxylation is 1. The van der Waals surface area contributed by atoms with Crippen molar-refractivity contribution < 1.29 is 9.53 Å². The van der Waals surface area contributed by atoms with Crippen LogP contribution in [0.3, 0.4) is 0 Å². The Labute approximate surface area is 170 Å². The van der Waals surface area contributed by atoms with Gasteiger partial charge in [0.1, 0.15) is 16.8 Å². The molecule has 0 aliphatic carbocycles. The summed E-state index contributed by atoms with van der Waals surface area (Å²) in [7, 11) is 0. The number of carbonyl (C=O) groups excluding carboxylic acids is 1. The minimum Gasteiger partial charge on any atom is -0.494 e. The smallest absolute Gasteiger partial charge is 0.238 e. The molecule has 0 bridgehead atoms. The molecule has 1 aliphatic heterocycles. The molecule has 8 heteroatoms. The van der Waals surface area contributed by atoms with E-state index in [0.717, 1.165) is 48.2 Å². The van der Waals surface area contributed by atoms with Crippen molar-refractivity contribution in [1.82, 2.24) is 19.8 Å². The predicted octanol–water partition coefficient (Wildman–Crippen LogP) is 3.39. The Balaban J connectivity index is 1.93. The number of nitrogens with zero attached hydrogens (tertiary/aromatic N) is 4. The molecule has 0 fully saturated rings. The van der Waals surface area contributed by atoms with Crippen LogP contribution in [0.25, 0.3) is 0 Å². The zero-order valence-corrected chi connectivity index (χ0v) is 17.8. The van der Waals surface area contributed by atoms with Gasteiger partial charge in [0.05, 0.1) is 12.6 Å². The maximum atomic E-state index is 13.4. The van der Waals surface area contributed by atoms with Crippen LogP contribution in [0.15, 0.2) is 29.4 Å². The number of ether oxygens (including phenoxy) is 1. The molecule has 0 saturated heterocycles. The molecule has 0 radical (unpaired) electrons. The average Bonchev–Trinajstić information content (AvgIpc) is 3.07. The van der Waals surface area contributed by atoms with Crippen LogP contribution in [0.1, 0.15) is 51.0 Å². The van der Waals surface area contributed by atoms with E-state index in [1.54, 1.807) is 0 Å². The molecular weight excluding hydrogens is 374 g/mol. The monoisotopic (exact) mass is 403 g/mol. The highest BCUT2D eigenvalue weighted by Gasteiger charge is 2.39. The summed E-state index contributed by atoms with van der Waals surface area (Å²) >= 11 is 1.49. The minimum absolute atomic E-state index is 0.145. The fourth-order valence-corrected chi connectivity index (χ4v) is 4.60. The molecule has 2 atom stereocenters. The summed E-state index contributed by atoms with van der Waals surface area (Å²) in [5.41, 5.74) is 4.51. The lowest BCUT2D eigenvalue weighted by atomic mass is 10.0. The van der Waals surface area contributed by atoms with E-state index in [0.29, 0.717) is 6.61 Å². The lowest BCUT2D eigenvalue weighted by Crippen LogP contribution is -2.46. The first kappa shape index (κ1) is 20.5. The van der Waals surface area contributed by atoms with E-state index in [9.17, 15) is 4.79 Å². The SMILES string of the molecule is CCCN(CCC)C(=O)[C@H]1Sc2nnc(C)n2N[C@@H]1c1ccc(OCC)cc1. The van der Waals surface area contributed by atoms with Crippen LogP contribution in [-0.4, -0.2) is 50.6 Å². The van der Waals surface area contributed by atoms with Gasteiger partial charge in [-0.3, -0.25) is 4.79 Å². The second kappa shape index (κ2) is 9.32. The molecule has 7 nitrogen and oxygen atoms in total. The summed E-state index contributed by atoms with van der Waals surface area (Å²) in [6, 6.07) is 7.79. The molecule has 1 aromatic heterocycles. The third-order valence-electron chi connectivity index (χ3n) is 4.69. The molecule has 1 aliphatic rings. The van der Waals surface area contributed by atoms with Gasteiger partial charge >= 0.3 is 0 Å². The van der Waals surface area contributed by atoms with Crippen LogP contribution < -0.4 is 10.2 Å². The van der Waals surface area contributed by atoms with Gasteiger partial charge in [-0.25, -0.2) is 4.68 Å². The third-order valence-corrected chi connectivity index (χ3v) is 5.89. The van der Waals surface area contributed by atoms with Crippen molar-refractivity contribution in [3.05, 3.63) is 35.7 Å². The number of thioether (sulfide) groups is 1. The molecule has 0 saturated carbocycles. The van der Waals surface area contributed by atoms with Crippen molar-refractivity contribution in [2.24, 2.45) is 0 Å². The van der Waals surface area contributed by atoms with Gasteiger partial charge in [0.25, 0.3) is 0 Å². The van der Waals surface area contributed by atoms with E-state index in [2.05, 4.69) is 29.5 Å². The number of rotatable bonds is 8. The average molecular weight is 404 g/mol. The van der Waals surface area contributed by atoms with Crippen LogP contribution in [0.5, 0.6) is 5.75 Å². The second-order valence-corrected chi connectivity index (χ2v) is 7.95. The van der Waals surface area contributed by atoms with Gasteiger partial charge in [-0.1, -0.05) is 37.7 Å². The van der Waals surface area contributed by atoms with Crippen molar-refractivity contribution in [3.63, 3.8) is 0 Å². The van der Waals surface area contributed by atoms with Gasteiger partial charge in [-0.15, -0.1) is 10.2 Å². The molecule has 1 N–H and O–H groups in total. The predicted molar refractivity (Wildman–Crippen MR) is 111 cm³/mol. The van der Waals surface area contributed by atoms with Crippen molar-refractivity contribution >= 4 is 17.7 Å². The summed E-state index contributed by atoms with van der Waals surface area (Å²) in [4.78, 5) is 15.4. The maximum Gasteiger partial charge on any atom is 0.238 e. The van der Waals surface area contributed by atoms with Gasteiger partial charge in [0.2, 0.25) is 11.1 Å². The van der Waals surface area contributed by atoms with Gasteiger partial charge in [-0.2, -0.15) is 0 Å². The van der Waals surface area contributed by atoms with Gasteiger partial charge < -0.3 is 15.1 Å². The van der Waals surface area contributed by atoms with E-state index in [1.807, 2.05) is 47.7 Å². The quantitative estimate of drug-likeness (QED) is 0.728. The molecule has 0 unspecified atom stereocenters.